The number of piperazine rings is 1. The van der Waals surface area contributed by atoms with Gasteiger partial charge in [-0.15, -0.1) is 0 Å². The molecule has 7 nitrogen and oxygen atoms in total. The third-order valence-corrected chi connectivity index (χ3v) is 7.81. The van der Waals surface area contributed by atoms with E-state index in [0.717, 1.165) is 11.8 Å². The Balaban J connectivity index is 1.69. The van der Waals surface area contributed by atoms with E-state index in [1.165, 1.54) is 10.4 Å². The zero-order chi connectivity index (χ0) is 24.9. The van der Waals surface area contributed by atoms with Crippen LogP contribution < -0.4 is 5.73 Å². The van der Waals surface area contributed by atoms with Crippen LogP contribution in [0.15, 0.2) is 48.5 Å². The lowest BCUT2D eigenvalue weighted by molar-refractivity contribution is -0.134. The molecule has 0 aliphatic carbocycles. The van der Waals surface area contributed by atoms with Crippen molar-refractivity contribution in [1.29, 1.82) is 0 Å². The van der Waals surface area contributed by atoms with Crippen LogP contribution in [0, 0.1) is 5.82 Å². The Hall–Kier alpha value is -2.04. The Kier molecular flexibility index (Phi) is 9.06. The molecule has 0 radical (unpaired) electrons. The molecule has 0 aromatic heterocycles. The van der Waals surface area contributed by atoms with Crippen LogP contribution in [0.1, 0.15) is 24.1 Å². The van der Waals surface area contributed by atoms with Gasteiger partial charge in [0.2, 0.25) is 15.9 Å². The summed E-state index contributed by atoms with van der Waals surface area (Å²) in [4.78, 5) is 16.7. The number of rotatable bonds is 9. The summed E-state index contributed by atoms with van der Waals surface area (Å²) in [7, 11) is -3.44. The van der Waals surface area contributed by atoms with Crippen molar-refractivity contribution in [2.75, 3.05) is 45.5 Å². The smallest absolute Gasteiger partial charge is 0.239 e. The molecule has 1 amide bonds. The van der Waals surface area contributed by atoms with E-state index in [0.29, 0.717) is 49.7 Å². The maximum absolute atomic E-state index is 14.7. The summed E-state index contributed by atoms with van der Waals surface area (Å²) < 4.78 is 40.5. The summed E-state index contributed by atoms with van der Waals surface area (Å²) in [6, 6.07) is 12.6. The highest BCUT2D eigenvalue weighted by atomic mass is 35.5. The summed E-state index contributed by atoms with van der Waals surface area (Å²) in [5, 5.41) is 0.627. The molecular weight excluding hydrogens is 479 g/mol. The first kappa shape index (κ1) is 26.6. The van der Waals surface area contributed by atoms with Crippen LogP contribution >= 0.6 is 11.6 Å². The van der Waals surface area contributed by atoms with E-state index in [9.17, 15) is 17.6 Å². The molecule has 0 bridgehead atoms. The van der Waals surface area contributed by atoms with E-state index in [4.69, 9.17) is 17.3 Å². The zero-order valence-electron chi connectivity index (χ0n) is 19.5. The molecule has 2 aromatic rings. The fraction of sp³-hybridized carbons (Fsp3) is 0.458. The van der Waals surface area contributed by atoms with Gasteiger partial charge in [0, 0.05) is 49.9 Å². The number of nitrogens with zero attached hydrogens (tertiary/aromatic N) is 3. The fourth-order valence-corrected chi connectivity index (χ4v) is 5.30. The molecule has 186 valence electrons. The van der Waals surface area contributed by atoms with Gasteiger partial charge in [0.1, 0.15) is 5.82 Å². The van der Waals surface area contributed by atoms with Gasteiger partial charge in [-0.1, -0.05) is 48.9 Å². The van der Waals surface area contributed by atoms with Gasteiger partial charge in [-0.3, -0.25) is 9.69 Å². The minimum absolute atomic E-state index is 0.136. The Bertz CT molecular complexity index is 1080. The summed E-state index contributed by atoms with van der Waals surface area (Å²) in [6.07, 6.45) is 1.57. The van der Waals surface area contributed by atoms with E-state index in [-0.39, 0.29) is 18.3 Å². The molecule has 1 fully saturated rings. The molecule has 2 aromatic carbocycles. The Morgan fingerprint density at radius 2 is 1.74 bits per heavy atom. The van der Waals surface area contributed by atoms with Crippen LogP contribution in [0.25, 0.3) is 0 Å². The molecule has 1 aliphatic rings. The van der Waals surface area contributed by atoms with Gasteiger partial charge in [0.25, 0.3) is 0 Å². The number of hydrogen-bond donors (Lipinski definition) is 1. The van der Waals surface area contributed by atoms with Crippen LogP contribution in [-0.4, -0.2) is 80.0 Å². The van der Waals surface area contributed by atoms with Crippen LogP contribution in [0.2, 0.25) is 5.02 Å². The van der Waals surface area contributed by atoms with E-state index in [2.05, 4.69) is 0 Å². The second-order valence-corrected chi connectivity index (χ2v) is 11.0. The van der Waals surface area contributed by atoms with Gasteiger partial charge in [-0.05, 0) is 30.2 Å². The van der Waals surface area contributed by atoms with Crippen molar-refractivity contribution in [3.63, 3.8) is 0 Å². The van der Waals surface area contributed by atoms with Crippen molar-refractivity contribution in [3.05, 3.63) is 70.5 Å². The maximum Gasteiger partial charge on any atom is 0.239 e. The van der Waals surface area contributed by atoms with Gasteiger partial charge in [0.15, 0.2) is 0 Å². The highest BCUT2D eigenvalue weighted by Crippen LogP contribution is 2.27. The SMILES string of the molecule is CCN(CC(c1ccccc1F)N1CCN(C(=O)[C@H](N)Cc2ccc(Cl)cc2)CC1)S(C)(=O)=O. The lowest BCUT2D eigenvalue weighted by atomic mass is 10.0. The molecule has 0 spiro atoms. The molecule has 34 heavy (non-hydrogen) atoms. The average Bonchev–Trinajstić information content (AvgIpc) is 2.81. The number of nitrogens with two attached hydrogens (primary N) is 1. The number of benzene rings is 2. The van der Waals surface area contributed by atoms with Crippen LogP contribution in [0.4, 0.5) is 4.39 Å². The minimum atomic E-state index is -3.44. The second-order valence-electron chi connectivity index (χ2n) is 8.55. The van der Waals surface area contributed by atoms with E-state index in [1.54, 1.807) is 42.2 Å². The largest absolute Gasteiger partial charge is 0.339 e. The van der Waals surface area contributed by atoms with Gasteiger partial charge in [-0.2, -0.15) is 0 Å². The first-order valence-electron chi connectivity index (χ1n) is 11.3. The molecule has 3 rings (SSSR count). The number of carbonyl (C=O) groups is 1. The molecular formula is C24H32ClFN4O3S. The van der Waals surface area contributed by atoms with Crippen molar-refractivity contribution in [2.45, 2.75) is 25.4 Å². The Morgan fingerprint density at radius 1 is 1.12 bits per heavy atom. The number of likely N-dealkylation sites (N-methyl/N-ethyl adjacent to an activating group) is 1. The number of hydrogen-bond acceptors (Lipinski definition) is 5. The summed E-state index contributed by atoms with van der Waals surface area (Å²) in [5.41, 5.74) is 7.58. The first-order chi connectivity index (χ1) is 16.1. The van der Waals surface area contributed by atoms with E-state index >= 15 is 0 Å². The average molecular weight is 511 g/mol. The Labute approximate surface area is 206 Å². The van der Waals surface area contributed by atoms with Crippen LogP contribution in [0.5, 0.6) is 0 Å². The van der Waals surface area contributed by atoms with E-state index in [1.807, 2.05) is 17.0 Å². The summed E-state index contributed by atoms with van der Waals surface area (Å²) in [6.45, 7) is 4.03. The molecule has 1 unspecified atom stereocenters. The van der Waals surface area contributed by atoms with Crippen LogP contribution in [-0.2, 0) is 21.2 Å². The second kappa shape index (κ2) is 11.6. The first-order valence-corrected chi connectivity index (χ1v) is 13.5. The third-order valence-electron chi connectivity index (χ3n) is 6.22. The maximum atomic E-state index is 14.7. The minimum Gasteiger partial charge on any atom is -0.339 e. The van der Waals surface area contributed by atoms with Crippen molar-refractivity contribution in [1.82, 2.24) is 14.1 Å². The normalized spacial score (nSPS) is 17.1. The van der Waals surface area contributed by atoms with Crippen molar-refractivity contribution in [2.24, 2.45) is 5.73 Å². The topological polar surface area (TPSA) is 86.9 Å². The lowest BCUT2D eigenvalue weighted by Crippen LogP contribution is -2.55. The standard InChI is InChI=1S/C24H32ClFN4O3S/c1-3-30(34(2,32)33)17-23(20-6-4-5-7-21(20)26)28-12-14-29(15-13-28)24(31)22(27)16-18-8-10-19(25)11-9-18/h4-11,22-23H,3,12-17,27H2,1-2H3/t22-,23?/m1/s1. The molecule has 0 saturated carbocycles. The Morgan fingerprint density at radius 3 is 2.29 bits per heavy atom. The summed E-state index contributed by atoms with van der Waals surface area (Å²) in [5.74, 6) is -0.510. The van der Waals surface area contributed by atoms with Gasteiger partial charge in [0.05, 0.1) is 18.3 Å². The van der Waals surface area contributed by atoms with Crippen molar-refractivity contribution in [3.8, 4) is 0 Å². The highest BCUT2D eigenvalue weighted by molar-refractivity contribution is 7.88. The van der Waals surface area contributed by atoms with Gasteiger partial charge in [-0.25, -0.2) is 17.1 Å². The molecule has 1 aliphatic heterocycles. The summed E-state index contributed by atoms with van der Waals surface area (Å²) >= 11 is 5.92. The van der Waals surface area contributed by atoms with Crippen molar-refractivity contribution < 1.29 is 17.6 Å². The molecule has 1 heterocycles. The number of sulfonamides is 1. The van der Waals surface area contributed by atoms with Gasteiger partial charge < -0.3 is 10.6 Å². The van der Waals surface area contributed by atoms with E-state index < -0.39 is 22.1 Å². The fourth-order valence-electron chi connectivity index (χ4n) is 4.30. The zero-order valence-corrected chi connectivity index (χ0v) is 21.1. The number of halogens is 2. The molecule has 1 saturated heterocycles. The van der Waals surface area contributed by atoms with Crippen molar-refractivity contribution >= 4 is 27.5 Å². The monoisotopic (exact) mass is 510 g/mol. The quantitative estimate of drug-likeness (QED) is 0.560. The molecule has 2 atom stereocenters. The highest BCUT2D eigenvalue weighted by Gasteiger charge is 2.32. The number of carbonyl (C=O) groups excluding carboxylic acids is 1. The van der Waals surface area contributed by atoms with Crippen LogP contribution in [0.3, 0.4) is 0 Å². The molecule has 2 N–H and O–H groups in total. The number of amides is 1. The molecule has 10 heteroatoms. The lowest BCUT2D eigenvalue weighted by Gasteiger charge is -2.41. The van der Waals surface area contributed by atoms with Gasteiger partial charge >= 0.3 is 0 Å². The predicted molar refractivity (Wildman–Crippen MR) is 133 cm³/mol. The third kappa shape index (κ3) is 6.76. The predicted octanol–water partition coefficient (Wildman–Crippen LogP) is 2.52.